The Hall–Kier alpha value is -2.23. The smallest absolute Gasteiger partial charge is 0.254 e. The molecule has 1 aliphatic heterocycles. The Bertz CT molecular complexity index is 619. The molecule has 0 spiro atoms. The molecular weight excluding hydrogens is 274 g/mol. The lowest BCUT2D eigenvalue weighted by molar-refractivity contribution is 0.0743. The first-order valence-electron chi connectivity index (χ1n) is 8.00. The summed E-state index contributed by atoms with van der Waals surface area (Å²) in [5.41, 5.74) is 2.55. The van der Waals surface area contributed by atoms with Crippen molar-refractivity contribution < 1.29 is 4.79 Å². The number of carbonyl (C=O) groups excluding carboxylic acids is 1. The van der Waals surface area contributed by atoms with Gasteiger partial charge in [-0.1, -0.05) is 37.5 Å². The van der Waals surface area contributed by atoms with E-state index in [4.69, 9.17) is 0 Å². The van der Waals surface area contributed by atoms with Gasteiger partial charge in [-0.05, 0) is 24.5 Å². The summed E-state index contributed by atoms with van der Waals surface area (Å²) in [5, 5.41) is 0. The molecule has 22 heavy (non-hydrogen) atoms. The number of aromatic nitrogens is 2. The average molecular weight is 295 g/mol. The third-order valence-electron chi connectivity index (χ3n) is 4.17. The first-order chi connectivity index (χ1) is 10.9. The van der Waals surface area contributed by atoms with Gasteiger partial charge in [-0.15, -0.1) is 0 Å². The molecule has 3 rings (SSSR count). The van der Waals surface area contributed by atoms with Crippen molar-refractivity contribution in [3.63, 3.8) is 0 Å². The van der Waals surface area contributed by atoms with Crippen LogP contribution in [0.2, 0.25) is 0 Å². The number of amides is 1. The van der Waals surface area contributed by atoms with E-state index in [1.165, 1.54) is 25.6 Å². The highest BCUT2D eigenvalue weighted by Crippen LogP contribution is 2.24. The van der Waals surface area contributed by atoms with Crippen molar-refractivity contribution in [2.24, 2.45) is 0 Å². The molecule has 0 bridgehead atoms. The quantitative estimate of drug-likeness (QED) is 0.851. The molecule has 0 radical (unpaired) electrons. The molecule has 1 aromatic heterocycles. The summed E-state index contributed by atoms with van der Waals surface area (Å²) in [6.07, 6.45) is 11.0. The standard InChI is InChI=1S/C18H21N3O/c22-18(21-10-6-2-1-3-7-11-21)17-9-5-4-8-16(17)15-12-19-14-20-13-15/h4-5,8-9,12-14H,1-3,6-7,10-11H2. The van der Waals surface area contributed by atoms with E-state index >= 15 is 0 Å². The van der Waals surface area contributed by atoms with Crippen LogP contribution < -0.4 is 0 Å². The van der Waals surface area contributed by atoms with Gasteiger partial charge in [0.25, 0.3) is 5.91 Å². The van der Waals surface area contributed by atoms with E-state index in [1.807, 2.05) is 29.2 Å². The third kappa shape index (κ3) is 3.32. The maximum atomic E-state index is 12.9. The molecule has 1 aliphatic rings. The summed E-state index contributed by atoms with van der Waals surface area (Å²) >= 11 is 0. The van der Waals surface area contributed by atoms with Crippen LogP contribution in [0.15, 0.2) is 43.0 Å². The van der Waals surface area contributed by atoms with Crippen LogP contribution in [0.4, 0.5) is 0 Å². The Kier molecular flexibility index (Phi) is 4.78. The average Bonchev–Trinajstić information content (AvgIpc) is 2.55. The first-order valence-corrected chi connectivity index (χ1v) is 8.00. The van der Waals surface area contributed by atoms with E-state index in [-0.39, 0.29) is 5.91 Å². The van der Waals surface area contributed by atoms with Gasteiger partial charge in [-0.25, -0.2) is 9.97 Å². The van der Waals surface area contributed by atoms with E-state index in [1.54, 1.807) is 12.4 Å². The number of rotatable bonds is 2. The van der Waals surface area contributed by atoms with Gasteiger partial charge in [0.1, 0.15) is 6.33 Å². The predicted molar refractivity (Wildman–Crippen MR) is 86.5 cm³/mol. The molecule has 1 aromatic carbocycles. The minimum Gasteiger partial charge on any atom is -0.339 e. The largest absolute Gasteiger partial charge is 0.339 e. The maximum Gasteiger partial charge on any atom is 0.254 e. The van der Waals surface area contributed by atoms with Gasteiger partial charge in [0.2, 0.25) is 0 Å². The highest BCUT2D eigenvalue weighted by molar-refractivity contribution is 6.00. The van der Waals surface area contributed by atoms with Crippen LogP contribution in [-0.4, -0.2) is 33.9 Å². The van der Waals surface area contributed by atoms with E-state index in [9.17, 15) is 4.79 Å². The molecule has 114 valence electrons. The van der Waals surface area contributed by atoms with Crippen LogP contribution in [-0.2, 0) is 0 Å². The third-order valence-corrected chi connectivity index (χ3v) is 4.17. The van der Waals surface area contributed by atoms with Crippen LogP contribution >= 0.6 is 0 Å². The van der Waals surface area contributed by atoms with E-state index < -0.39 is 0 Å². The molecule has 4 nitrogen and oxygen atoms in total. The second kappa shape index (κ2) is 7.16. The first kappa shape index (κ1) is 14.7. The van der Waals surface area contributed by atoms with Crippen LogP contribution in [0.25, 0.3) is 11.1 Å². The molecule has 2 aromatic rings. The van der Waals surface area contributed by atoms with Crippen molar-refractivity contribution in [3.05, 3.63) is 48.5 Å². The van der Waals surface area contributed by atoms with Gasteiger partial charge < -0.3 is 4.90 Å². The van der Waals surface area contributed by atoms with Crippen LogP contribution in [0, 0.1) is 0 Å². The molecule has 0 aliphatic carbocycles. The summed E-state index contributed by atoms with van der Waals surface area (Å²) in [6.45, 7) is 1.72. The van der Waals surface area contributed by atoms with Gasteiger partial charge in [-0.2, -0.15) is 0 Å². The van der Waals surface area contributed by atoms with Gasteiger partial charge >= 0.3 is 0 Å². The number of nitrogens with zero attached hydrogens (tertiary/aromatic N) is 3. The molecule has 0 N–H and O–H groups in total. The number of hydrogen-bond acceptors (Lipinski definition) is 3. The second-order valence-electron chi connectivity index (χ2n) is 5.73. The highest BCUT2D eigenvalue weighted by atomic mass is 16.2. The summed E-state index contributed by atoms with van der Waals surface area (Å²) in [4.78, 5) is 23.1. The topological polar surface area (TPSA) is 46.1 Å². The normalized spacial score (nSPS) is 15.9. The molecule has 1 amide bonds. The molecular formula is C18H21N3O. The van der Waals surface area contributed by atoms with Gasteiger partial charge in [0.15, 0.2) is 0 Å². The SMILES string of the molecule is O=C(c1ccccc1-c1cncnc1)N1CCCCCCC1. The minimum absolute atomic E-state index is 0.126. The van der Waals surface area contributed by atoms with E-state index in [0.29, 0.717) is 0 Å². The molecule has 2 heterocycles. The zero-order valence-corrected chi connectivity index (χ0v) is 12.7. The molecule has 4 heteroatoms. The highest BCUT2D eigenvalue weighted by Gasteiger charge is 2.19. The van der Waals surface area contributed by atoms with Gasteiger partial charge in [0, 0.05) is 36.6 Å². The van der Waals surface area contributed by atoms with Crippen molar-refractivity contribution in [1.29, 1.82) is 0 Å². The maximum absolute atomic E-state index is 12.9. The fourth-order valence-corrected chi connectivity index (χ4v) is 2.98. The zero-order chi connectivity index (χ0) is 15.2. The number of likely N-dealkylation sites (tertiary alicyclic amines) is 1. The van der Waals surface area contributed by atoms with Crippen molar-refractivity contribution >= 4 is 5.91 Å². The molecule has 1 fully saturated rings. The number of hydrogen-bond donors (Lipinski definition) is 0. The van der Waals surface area contributed by atoms with E-state index in [0.717, 1.165) is 42.6 Å². The summed E-state index contributed by atoms with van der Waals surface area (Å²) < 4.78 is 0. The lowest BCUT2D eigenvalue weighted by atomic mass is 10.0. The number of benzene rings is 1. The summed E-state index contributed by atoms with van der Waals surface area (Å²) in [5.74, 6) is 0.126. The Morgan fingerprint density at radius 2 is 1.55 bits per heavy atom. The van der Waals surface area contributed by atoms with Crippen molar-refractivity contribution in [2.75, 3.05) is 13.1 Å². The van der Waals surface area contributed by atoms with Crippen molar-refractivity contribution in [1.82, 2.24) is 14.9 Å². The number of carbonyl (C=O) groups is 1. The van der Waals surface area contributed by atoms with Gasteiger partial charge in [-0.3, -0.25) is 4.79 Å². The Morgan fingerprint density at radius 1 is 0.909 bits per heavy atom. The zero-order valence-electron chi connectivity index (χ0n) is 12.7. The lowest BCUT2D eigenvalue weighted by Crippen LogP contribution is -2.34. The predicted octanol–water partition coefficient (Wildman–Crippen LogP) is 3.55. The summed E-state index contributed by atoms with van der Waals surface area (Å²) in [7, 11) is 0. The summed E-state index contributed by atoms with van der Waals surface area (Å²) in [6, 6.07) is 7.75. The second-order valence-corrected chi connectivity index (χ2v) is 5.73. The fraction of sp³-hybridized carbons (Fsp3) is 0.389. The molecule has 0 unspecified atom stereocenters. The Balaban J connectivity index is 1.89. The Labute approximate surface area is 131 Å². The molecule has 0 saturated carbocycles. The monoisotopic (exact) mass is 295 g/mol. The van der Waals surface area contributed by atoms with Crippen molar-refractivity contribution in [2.45, 2.75) is 32.1 Å². The van der Waals surface area contributed by atoms with Gasteiger partial charge in [0.05, 0.1) is 0 Å². The minimum atomic E-state index is 0.126. The van der Waals surface area contributed by atoms with E-state index in [2.05, 4.69) is 9.97 Å². The molecule has 1 saturated heterocycles. The van der Waals surface area contributed by atoms with Crippen LogP contribution in [0.3, 0.4) is 0 Å². The molecule has 0 atom stereocenters. The van der Waals surface area contributed by atoms with Crippen LogP contribution in [0.5, 0.6) is 0 Å². The van der Waals surface area contributed by atoms with Crippen LogP contribution in [0.1, 0.15) is 42.5 Å². The fourth-order valence-electron chi connectivity index (χ4n) is 2.98. The Morgan fingerprint density at radius 3 is 2.27 bits per heavy atom. The van der Waals surface area contributed by atoms with Crippen molar-refractivity contribution in [3.8, 4) is 11.1 Å². The lowest BCUT2D eigenvalue weighted by Gasteiger charge is -2.25.